The molecular formula is C17H14N6O2. The average molecular weight is 334 g/mol. The Balaban J connectivity index is 1.91. The molecule has 0 unspecified atom stereocenters. The fourth-order valence-electron chi connectivity index (χ4n) is 2.14. The number of nitriles is 1. The van der Waals surface area contributed by atoms with Crippen molar-refractivity contribution in [3.63, 3.8) is 0 Å². The van der Waals surface area contributed by atoms with Crippen LogP contribution in [0.4, 0.5) is 5.69 Å². The molecule has 3 rings (SSSR count). The molecule has 0 radical (unpaired) electrons. The van der Waals surface area contributed by atoms with Crippen LogP contribution in [0.1, 0.15) is 0 Å². The first-order valence-electron chi connectivity index (χ1n) is 7.24. The number of nitrogens with two attached hydrogens (primary N) is 1. The van der Waals surface area contributed by atoms with E-state index in [4.69, 9.17) is 25.6 Å². The molecule has 1 heterocycles. The fourth-order valence-corrected chi connectivity index (χ4v) is 2.14. The van der Waals surface area contributed by atoms with Gasteiger partial charge in [-0.25, -0.2) is 4.98 Å². The molecule has 0 atom stereocenters. The third kappa shape index (κ3) is 3.40. The number of nitrogens with one attached hydrogen (secondary N) is 2. The van der Waals surface area contributed by atoms with Crippen LogP contribution in [0.2, 0.25) is 0 Å². The summed E-state index contributed by atoms with van der Waals surface area (Å²) >= 11 is 0. The van der Waals surface area contributed by atoms with Gasteiger partial charge >= 0.3 is 0 Å². The molecule has 0 saturated carbocycles. The Morgan fingerprint density at radius 3 is 2.92 bits per heavy atom. The van der Waals surface area contributed by atoms with E-state index in [1.54, 1.807) is 31.4 Å². The van der Waals surface area contributed by atoms with Crippen LogP contribution in [0.5, 0.6) is 5.75 Å². The molecule has 124 valence electrons. The summed E-state index contributed by atoms with van der Waals surface area (Å²) in [5, 5.41) is 19.9. The van der Waals surface area contributed by atoms with Gasteiger partial charge in [0.1, 0.15) is 17.3 Å². The Hall–Kier alpha value is -3.86. The predicted molar refractivity (Wildman–Crippen MR) is 94.6 cm³/mol. The molecule has 0 fully saturated rings. The van der Waals surface area contributed by atoms with E-state index in [9.17, 15) is 0 Å². The minimum atomic E-state index is -0.405. The topological polar surface area (TPSA) is 133 Å². The lowest BCUT2D eigenvalue weighted by Gasteiger charge is -2.00. The summed E-state index contributed by atoms with van der Waals surface area (Å²) in [5.74, 6) is 0.776. The zero-order valence-corrected chi connectivity index (χ0v) is 13.3. The van der Waals surface area contributed by atoms with E-state index in [2.05, 4.69) is 15.5 Å². The number of rotatable bonds is 5. The van der Waals surface area contributed by atoms with E-state index < -0.39 is 5.84 Å². The second-order valence-corrected chi connectivity index (χ2v) is 5.03. The predicted octanol–water partition coefficient (Wildman–Crippen LogP) is 2.73. The highest BCUT2D eigenvalue weighted by Gasteiger charge is 2.10. The maximum atomic E-state index is 8.84. The molecule has 4 N–H and O–H groups in total. The molecule has 8 nitrogen and oxygen atoms in total. The van der Waals surface area contributed by atoms with E-state index in [1.807, 2.05) is 24.3 Å². The Labute approximate surface area is 143 Å². The van der Waals surface area contributed by atoms with E-state index >= 15 is 0 Å². The third-order valence-electron chi connectivity index (χ3n) is 3.36. The number of benzene rings is 2. The molecule has 0 aliphatic rings. The standard InChI is InChI=1S/C17H14N6O2/c1-24-12-4-2-3-10(7-12)17-21-13-8-11(5-6-15(13)25-17)22-23-14(9-18)16(19)20/h2-8,22H,1H3,(H3,19,20)/b23-14+. The highest BCUT2D eigenvalue weighted by molar-refractivity contribution is 6.45. The second kappa shape index (κ2) is 6.72. The lowest BCUT2D eigenvalue weighted by atomic mass is 10.2. The minimum Gasteiger partial charge on any atom is -0.497 e. The first kappa shape index (κ1) is 16.0. The van der Waals surface area contributed by atoms with Gasteiger partial charge in [-0.05, 0) is 36.4 Å². The monoisotopic (exact) mass is 334 g/mol. The molecule has 2 aromatic carbocycles. The molecule has 25 heavy (non-hydrogen) atoms. The first-order valence-corrected chi connectivity index (χ1v) is 7.24. The second-order valence-electron chi connectivity index (χ2n) is 5.03. The van der Waals surface area contributed by atoms with Gasteiger partial charge in [0.05, 0.1) is 12.8 Å². The van der Waals surface area contributed by atoms with Crippen molar-refractivity contribution in [3.8, 4) is 23.3 Å². The van der Waals surface area contributed by atoms with Gasteiger partial charge in [0, 0.05) is 5.56 Å². The Morgan fingerprint density at radius 2 is 2.20 bits per heavy atom. The smallest absolute Gasteiger partial charge is 0.227 e. The van der Waals surface area contributed by atoms with E-state index in [0.29, 0.717) is 28.4 Å². The lowest BCUT2D eigenvalue weighted by Crippen LogP contribution is -2.21. The summed E-state index contributed by atoms with van der Waals surface area (Å²) in [6.07, 6.45) is 0. The van der Waals surface area contributed by atoms with Gasteiger partial charge in [-0.3, -0.25) is 10.8 Å². The summed E-state index contributed by atoms with van der Waals surface area (Å²) in [6.45, 7) is 0. The molecule has 0 amide bonds. The highest BCUT2D eigenvalue weighted by Crippen LogP contribution is 2.28. The maximum Gasteiger partial charge on any atom is 0.227 e. The summed E-state index contributed by atoms with van der Waals surface area (Å²) < 4.78 is 11.0. The summed E-state index contributed by atoms with van der Waals surface area (Å²) in [4.78, 5) is 4.46. The molecule has 1 aromatic heterocycles. The van der Waals surface area contributed by atoms with Gasteiger partial charge < -0.3 is 14.9 Å². The SMILES string of the molecule is COc1cccc(-c2nc3cc(N/N=C(\C#N)C(=N)N)ccc3o2)c1. The molecule has 0 spiro atoms. The zero-order chi connectivity index (χ0) is 17.8. The Kier molecular flexibility index (Phi) is 4.30. The van der Waals surface area contributed by atoms with E-state index in [1.165, 1.54) is 0 Å². The van der Waals surface area contributed by atoms with Crippen LogP contribution in [0.25, 0.3) is 22.6 Å². The number of hydrazone groups is 1. The summed E-state index contributed by atoms with van der Waals surface area (Å²) in [6, 6.07) is 14.3. The summed E-state index contributed by atoms with van der Waals surface area (Å²) in [7, 11) is 1.60. The molecule has 8 heteroatoms. The quantitative estimate of drug-likeness (QED) is 0.373. The number of amidine groups is 1. The van der Waals surface area contributed by atoms with Crippen molar-refractivity contribution >= 4 is 28.3 Å². The number of hydrogen-bond donors (Lipinski definition) is 3. The van der Waals surface area contributed by atoms with Gasteiger partial charge in [0.25, 0.3) is 0 Å². The maximum absolute atomic E-state index is 8.84. The van der Waals surface area contributed by atoms with Gasteiger partial charge in [-0.1, -0.05) is 6.07 Å². The van der Waals surface area contributed by atoms with Gasteiger partial charge in [-0.15, -0.1) is 0 Å². The fraction of sp³-hybridized carbons (Fsp3) is 0.0588. The average Bonchev–Trinajstić information content (AvgIpc) is 3.05. The number of hydrogen-bond acceptors (Lipinski definition) is 7. The number of oxazole rings is 1. The van der Waals surface area contributed by atoms with Crippen molar-refractivity contribution in [1.82, 2.24) is 4.98 Å². The van der Waals surface area contributed by atoms with Crippen molar-refractivity contribution in [3.05, 3.63) is 42.5 Å². The van der Waals surface area contributed by atoms with Gasteiger partial charge in [0.2, 0.25) is 11.6 Å². The van der Waals surface area contributed by atoms with Crippen LogP contribution >= 0.6 is 0 Å². The normalized spacial score (nSPS) is 11.1. The Morgan fingerprint density at radius 1 is 1.36 bits per heavy atom. The van der Waals surface area contributed by atoms with Crippen LogP contribution in [-0.4, -0.2) is 23.6 Å². The van der Waals surface area contributed by atoms with E-state index in [-0.39, 0.29) is 5.71 Å². The molecular weight excluding hydrogens is 320 g/mol. The molecule has 0 saturated heterocycles. The van der Waals surface area contributed by atoms with Crippen LogP contribution in [0, 0.1) is 16.7 Å². The number of ether oxygens (including phenoxy) is 1. The van der Waals surface area contributed by atoms with Crippen molar-refractivity contribution in [2.75, 3.05) is 12.5 Å². The van der Waals surface area contributed by atoms with Crippen LogP contribution < -0.4 is 15.9 Å². The van der Waals surface area contributed by atoms with E-state index in [0.717, 1.165) is 5.56 Å². The van der Waals surface area contributed by atoms with Gasteiger partial charge in [-0.2, -0.15) is 10.4 Å². The Bertz CT molecular complexity index is 1020. The van der Waals surface area contributed by atoms with Crippen molar-refractivity contribution in [1.29, 1.82) is 10.7 Å². The molecule has 0 bridgehead atoms. The third-order valence-corrected chi connectivity index (χ3v) is 3.36. The van der Waals surface area contributed by atoms with Crippen molar-refractivity contribution in [2.45, 2.75) is 0 Å². The summed E-state index contributed by atoms with van der Waals surface area (Å²) in [5.41, 5.74) is 10.4. The largest absolute Gasteiger partial charge is 0.497 e. The van der Waals surface area contributed by atoms with Crippen LogP contribution in [0.3, 0.4) is 0 Å². The minimum absolute atomic E-state index is 0.197. The number of aromatic nitrogens is 1. The first-order chi connectivity index (χ1) is 12.1. The highest BCUT2D eigenvalue weighted by atomic mass is 16.5. The molecule has 0 aliphatic heterocycles. The van der Waals surface area contributed by atoms with Crippen molar-refractivity contribution < 1.29 is 9.15 Å². The molecule has 0 aliphatic carbocycles. The van der Waals surface area contributed by atoms with Crippen LogP contribution in [-0.2, 0) is 0 Å². The number of anilines is 1. The lowest BCUT2D eigenvalue weighted by molar-refractivity contribution is 0.415. The number of methoxy groups -OCH3 is 1. The van der Waals surface area contributed by atoms with Gasteiger partial charge in [0.15, 0.2) is 11.4 Å². The van der Waals surface area contributed by atoms with Crippen LogP contribution in [0.15, 0.2) is 52.0 Å². The number of fused-ring (bicyclic) bond motifs is 1. The molecule has 3 aromatic rings. The zero-order valence-electron chi connectivity index (χ0n) is 13.3. The van der Waals surface area contributed by atoms with Crippen molar-refractivity contribution in [2.24, 2.45) is 10.8 Å². The number of nitrogens with zero attached hydrogens (tertiary/aromatic N) is 3.